The van der Waals surface area contributed by atoms with Crippen LogP contribution in [0.25, 0.3) is 6.08 Å². The molecule has 9 heteroatoms. The lowest BCUT2D eigenvalue weighted by molar-refractivity contribution is -0.121. The molecular formula is C26H21FN2O5S. The summed E-state index contributed by atoms with van der Waals surface area (Å²) in [4.78, 5) is 30.2. The minimum Gasteiger partial charge on any atom is -0.493 e. The molecule has 0 saturated carbocycles. The van der Waals surface area contributed by atoms with E-state index >= 15 is 0 Å². The van der Waals surface area contributed by atoms with Gasteiger partial charge in [0, 0.05) is 7.05 Å². The maximum absolute atomic E-state index is 13.1. The molecule has 0 aromatic heterocycles. The SMILES string of the molecule is COc1cc(C=C2SC(=Nc3ccc(C(=O)O)cc3)N(C)C2=O)ccc1OCc1ccc(F)cc1. The summed E-state index contributed by atoms with van der Waals surface area (Å²) in [5, 5.41) is 9.51. The highest BCUT2D eigenvalue weighted by molar-refractivity contribution is 8.18. The standard InChI is InChI=1S/C26H21FN2O5S/c1-29-24(30)23(35-26(29)28-20-10-6-18(7-11-20)25(31)32)14-17-5-12-21(22(13-17)33-2)34-15-16-3-8-19(27)9-4-16/h3-14H,15H2,1-2H3,(H,31,32). The van der Waals surface area contributed by atoms with Crippen molar-refractivity contribution in [3.8, 4) is 11.5 Å². The lowest BCUT2D eigenvalue weighted by Gasteiger charge is -2.11. The number of carbonyl (C=O) groups is 2. The van der Waals surface area contributed by atoms with E-state index in [1.807, 2.05) is 6.07 Å². The van der Waals surface area contributed by atoms with Crippen molar-refractivity contribution in [2.24, 2.45) is 4.99 Å². The van der Waals surface area contributed by atoms with Gasteiger partial charge in [-0.15, -0.1) is 0 Å². The Kier molecular flexibility index (Phi) is 7.17. The normalized spacial score (nSPS) is 15.6. The third-order valence-electron chi connectivity index (χ3n) is 5.14. The smallest absolute Gasteiger partial charge is 0.335 e. The number of carboxylic acids is 1. The Morgan fingerprint density at radius 3 is 2.46 bits per heavy atom. The molecule has 1 amide bonds. The zero-order valence-electron chi connectivity index (χ0n) is 18.9. The molecule has 1 aliphatic rings. The summed E-state index contributed by atoms with van der Waals surface area (Å²) in [6.07, 6.45) is 1.74. The first-order valence-electron chi connectivity index (χ1n) is 10.5. The van der Waals surface area contributed by atoms with E-state index in [2.05, 4.69) is 4.99 Å². The summed E-state index contributed by atoms with van der Waals surface area (Å²) < 4.78 is 24.4. The molecular weight excluding hydrogens is 471 g/mol. The number of halogens is 1. The largest absolute Gasteiger partial charge is 0.493 e. The fourth-order valence-corrected chi connectivity index (χ4v) is 4.21. The molecule has 0 aliphatic carbocycles. The van der Waals surface area contributed by atoms with E-state index < -0.39 is 5.97 Å². The first kappa shape index (κ1) is 24.0. The number of carbonyl (C=O) groups excluding carboxylic acids is 1. The summed E-state index contributed by atoms with van der Waals surface area (Å²) in [5.74, 6) is -0.505. The van der Waals surface area contributed by atoms with Crippen LogP contribution in [-0.2, 0) is 11.4 Å². The molecule has 0 unspecified atom stereocenters. The number of nitrogens with zero attached hydrogens (tertiary/aromatic N) is 2. The second-order valence-corrected chi connectivity index (χ2v) is 8.56. The minimum absolute atomic E-state index is 0.164. The molecule has 1 aliphatic heterocycles. The van der Waals surface area contributed by atoms with Crippen molar-refractivity contribution in [2.45, 2.75) is 6.61 Å². The molecule has 178 valence electrons. The summed E-state index contributed by atoms with van der Waals surface area (Å²) >= 11 is 1.22. The third kappa shape index (κ3) is 5.70. The second kappa shape index (κ2) is 10.4. The first-order chi connectivity index (χ1) is 16.8. The van der Waals surface area contributed by atoms with Gasteiger partial charge in [0.25, 0.3) is 5.91 Å². The molecule has 0 atom stereocenters. The van der Waals surface area contributed by atoms with Crippen molar-refractivity contribution >= 4 is 40.6 Å². The maximum Gasteiger partial charge on any atom is 0.335 e. The van der Waals surface area contributed by atoms with Crippen molar-refractivity contribution < 1.29 is 28.6 Å². The van der Waals surface area contributed by atoms with Gasteiger partial charge in [-0.25, -0.2) is 14.2 Å². The van der Waals surface area contributed by atoms with Gasteiger partial charge >= 0.3 is 5.97 Å². The lowest BCUT2D eigenvalue weighted by atomic mass is 10.2. The quantitative estimate of drug-likeness (QED) is 0.448. The molecule has 0 bridgehead atoms. The third-order valence-corrected chi connectivity index (χ3v) is 6.20. The number of methoxy groups -OCH3 is 1. The number of thioether (sulfide) groups is 1. The molecule has 1 N–H and O–H groups in total. The van der Waals surface area contributed by atoms with Crippen LogP contribution < -0.4 is 9.47 Å². The summed E-state index contributed by atoms with van der Waals surface area (Å²) in [7, 11) is 3.16. The zero-order chi connectivity index (χ0) is 24.9. The molecule has 1 saturated heterocycles. The number of rotatable bonds is 7. The maximum atomic E-state index is 13.1. The highest BCUT2D eigenvalue weighted by atomic mass is 32.2. The number of benzene rings is 3. The molecule has 0 spiro atoms. The van der Waals surface area contributed by atoms with Gasteiger partial charge < -0.3 is 14.6 Å². The van der Waals surface area contributed by atoms with E-state index in [0.29, 0.717) is 27.3 Å². The van der Waals surface area contributed by atoms with Gasteiger partial charge in [-0.05, 0) is 77.5 Å². The number of aliphatic imine (C=N–C) groups is 1. The fourth-order valence-electron chi connectivity index (χ4n) is 3.23. The Morgan fingerprint density at radius 2 is 1.80 bits per heavy atom. The van der Waals surface area contributed by atoms with Crippen LogP contribution in [0.2, 0.25) is 0 Å². The molecule has 1 fully saturated rings. The monoisotopic (exact) mass is 492 g/mol. The van der Waals surface area contributed by atoms with Gasteiger partial charge in [-0.3, -0.25) is 9.69 Å². The van der Waals surface area contributed by atoms with E-state index in [-0.39, 0.29) is 23.9 Å². The van der Waals surface area contributed by atoms with Crippen LogP contribution in [0.4, 0.5) is 10.1 Å². The Hall–Kier alpha value is -4.11. The van der Waals surface area contributed by atoms with E-state index in [9.17, 15) is 14.0 Å². The van der Waals surface area contributed by atoms with Gasteiger partial charge in [0.1, 0.15) is 12.4 Å². The van der Waals surface area contributed by atoms with Crippen LogP contribution in [0, 0.1) is 5.82 Å². The van der Waals surface area contributed by atoms with Gasteiger partial charge in [0.15, 0.2) is 16.7 Å². The van der Waals surface area contributed by atoms with Crippen molar-refractivity contribution in [3.63, 3.8) is 0 Å². The Bertz CT molecular complexity index is 1320. The number of amides is 1. The minimum atomic E-state index is -1.01. The Morgan fingerprint density at radius 1 is 1.09 bits per heavy atom. The zero-order valence-corrected chi connectivity index (χ0v) is 19.7. The van der Waals surface area contributed by atoms with Crippen LogP contribution in [0.15, 0.2) is 76.6 Å². The van der Waals surface area contributed by atoms with Crippen LogP contribution in [0.5, 0.6) is 11.5 Å². The molecule has 7 nitrogen and oxygen atoms in total. The number of hydrogen-bond acceptors (Lipinski definition) is 6. The van der Waals surface area contributed by atoms with E-state index in [1.165, 1.54) is 48.0 Å². The summed E-state index contributed by atoms with van der Waals surface area (Å²) in [5.41, 5.74) is 2.27. The molecule has 3 aromatic rings. The summed E-state index contributed by atoms with van der Waals surface area (Å²) in [6, 6.07) is 17.5. The molecule has 3 aromatic carbocycles. The fraction of sp³-hybridized carbons (Fsp3) is 0.115. The van der Waals surface area contributed by atoms with E-state index in [1.54, 1.807) is 49.5 Å². The van der Waals surface area contributed by atoms with Crippen molar-refractivity contribution in [1.82, 2.24) is 4.90 Å². The van der Waals surface area contributed by atoms with Crippen LogP contribution in [0.1, 0.15) is 21.5 Å². The molecule has 1 heterocycles. The number of ether oxygens (including phenoxy) is 2. The van der Waals surface area contributed by atoms with Crippen molar-refractivity contribution in [1.29, 1.82) is 0 Å². The highest BCUT2D eigenvalue weighted by Gasteiger charge is 2.30. The second-order valence-electron chi connectivity index (χ2n) is 7.55. The van der Waals surface area contributed by atoms with Gasteiger partial charge in [-0.1, -0.05) is 18.2 Å². The molecule has 4 rings (SSSR count). The highest BCUT2D eigenvalue weighted by Crippen LogP contribution is 2.35. The topological polar surface area (TPSA) is 88.4 Å². The number of carboxylic acid groups (broad SMARTS) is 1. The number of likely N-dealkylation sites (N-methyl/N-ethyl adjacent to an activating group) is 1. The average molecular weight is 493 g/mol. The van der Waals surface area contributed by atoms with Crippen LogP contribution >= 0.6 is 11.8 Å². The van der Waals surface area contributed by atoms with E-state index in [4.69, 9.17) is 14.6 Å². The lowest BCUT2D eigenvalue weighted by Crippen LogP contribution is -2.23. The average Bonchev–Trinajstić information content (AvgIpc) is 3.12. The molecule has 35 heavy (non-hydrogen) atoms. The van der Waals surface area contributed by atoms with Gasteiger partial charge in [-0.2, -0.15) is 0 Å². The number of hydrogen-bond donors (Lipinski definition) is 1. The first-order valence-corrected chi connectivity index (χ1v) is 11.3. The number of amidine groups is 1. The van der Waals surface area contributed by atoms with Gasteiger partial charge in [0.2, 0.25) is 0 Å². The van der Waals surface area contributed by atoms with Crippen LogP contribution in [-0.4, -0.2) is 41.2 Å². The summed E-state index contributed by atoms with van der Waals surface area (Å²) in [6.45, 7) is 0.253. The Labute approximate surface area is 205 Å². The predicted molar refractivity (Wildman–Crippen MR) is 133 cm³/mol. The molecule has 0 radical (unpaired) electrons. The van der Waals surface area contributed by atoms with Crippen molar-refractivity contribution in [2.75, 3.05) is 14.2 Å². The van der Waals surface area contributed by atoms with Gasteiger partial charge in [0.05, 0.1) is 23.3 Å². The van der Waals surface area contributed by atoms with Crippen LogP contribution in [0.3, 0.4) is 0 Å². The van der Waals surface area contributed by atoms with Crippen molar-refractivity contribution in [3.05, 3.63) is 94.1 Å². The Balaban J connectivity index is 1.50. The predicted octanol–water partition coefficient (Wildman–Crippen LogP) is 5.35. The van der Waals surface area contributed by atoms with E-state index in [0.717, 1.165) is 11.1 Å². The number of aromatic carboxylic acids is 1.